The van der Waals surface area contributed by atoms with Gasteiger partial charge in [-0.3, -0.25) is 4.79 Å². The number of nitrogens with zero attached hydrogens (tertiary/aromatic N) is 2. The molecule has 4 nitrogen and oxygen atoms in total. The predicted molar refractivity (Wildman–Crippen MR) is 72.4 cm³/mol. The molecule has 1 aliphatic rings. The maximum absolute atomic E-state index is 12.3. The zero-order chi connectivity index (χ0) is 13.2. The van der Waals surface area contributed by atoms with Crippen LogP contribution in [0.15, 0.2) is 18.3 Å². The van der Waals surface area contributed by atoms with Gasteiger partial charge in [-0.05, 0) is 51.5 Å². The highest BCUT2D eigenvalue weighted by atomic mass is 16.2. The van der Waals surface area contributed by atoms with E-state index in [1.165, 1.54) is 0 Å². The van der Waals surface area contributed by atoms with Gasteiger partial charge in [0.15, 0.2) is 0 Å². The molecule has 0 spiro atoms. The van der Waals surface area contributed by atoms with Crippen LogP contribution < -0.4 is 5.32 Å². The smallest absolute Gasteiger partial charge is 0.231 e. The number of rotatable bonds is 2. The van der Waals surface area contributed by atoms with Crippen molar-refractivity contribution >= 4 is 11.7 Å². The number of anilines is 1. The molecule has 0 radical (unpaired) electrons. The Morgan fingerprint density at radius 2 is 2.06 bits per heavy atom. The van der Waals surface area contributed by atoms with Gasteiger partial charge in [0.05, 0.1) is 0 Å². The Bertz CT molecular complexity index is 419. The Labute approximate surface area is 108 Å². The molecule has 1 aliphatic heterocycles. The minimum atomic E-state index is -0.265. The van der Waals surface area contributed by atoms with Crippen LogP contribution in [0.25, 0.3) is 0 Å². The summed E-state index contributed by atoms with van der Waals surface area (Å²) in [5.74, 6) is 0.734. The minimum Gasteiger partial charge on any atom is -0.310 e. The number of likely N-dealkylation sites (tertiary alicyclic amines) is 1. The number of carbonyl (C=O) groups excluding carboxylic acids is 1. The Balaban J connectivity index is 2.01. The Hall–Kier alpha value is -1.42. The van der Waals surface area contributed by atoms with Crippen molar-refractivity contribution in [1.29, 1.82) is 0 Å². The van der Waals surface area contributed by atoms with Crippen molar-refractivity contribution in [3.05, 3.63) is 23.9 Å². The third-order valence-corrected chi connectivity index (χ3v) is 3.79. The number of carbonyl (C=O) groups is 1. The van der Waals surface area contributed by atoms with Crippen LogP contribution in [0.4, 0.5) is 5.82 Å². The van der Waals surface area contributed by atoms with Gasteiger partial charge in [-0.25, -0.2) is 4.98 Å². The highest BCUT2D eigenvalue weighted by Gasteiger charge is 2.36. The van der Waals surface area contributed by atoms with Gasteiger partial charge in [0, 0.05) is 11.6 Å². The number of aromatic nitrogens is 1. The number of piperidine rings is 1. The third kappa shape index (κ3) is 2.88. The summed E-state index contributed by atoms with van der Waals surface area (Å²) in [6.45, 7) is 5.98. The van der Waals surface area contributed by atoms with Crippen LogP contribution >= 0.6 is 0 Å². The lowest BCUT2D eigenvalue weighted by molar-refractivity contribution is -0.127. The summed E-state index contributed by atoms with van der Waals surface area (Å²) in [7, 11) is 2.10. The fourth-order valence-corrected chi connectivity index (χ4v) is 2.15. The van der Waals surface area contributed by atoms with E-state index in [9.17, 15) is 4.79 Å². The molecular weight excluding hydrogens is 226 g/mol. The molecule has 1 N–H and O–H groups in total. The standard InChI is InChI=1S/C14H21N3O/c1-11-4-5-12(15-10-11)16-13(18)14(2)6-8-17(3)9-7-14/h4-5,10H,6-9H2,1-3H3,(H,15,16,18). The number of pyridine rings is 1. The molecule has 1 aromatic rings. The SMILES string of the molecule is Cc1ccc(NC(=O)C2(C)CCN(C)CC2)nc1. The molecule has 98 valence electrons. The molecule has 1 fully saturated rings. The first-order valence-electron chi connectivity index (χ1n) is 6.42. The fraction of sp³-hybridized carbons (Fsp3) is 0.571. The van der Waals surface area contributed by atoms with Crippen LogP contribution in [0.5, 0.6) is 0 Å². The van der Waals surface area contributed by atoms with E-state index in [0.717, 1.165) is 31.5 Å². The Kier molecular flexibility index (Phi) is 3.66. The van der Waals surface area contributed by atoms with E-state index in [1.54, 1.807) is 6.20 Å². The van der Waals surface area contributed by atoms with Gasteiger partial charge in [0.2, 0.25) is 5.91 Å². The second-order valence-corrected chi connectivity index (χ2v) is 5.54. The summed E-state index contributed by atoms with van der Waals surface area (Å²) in [6, 6.07) is 3.81. The second kappa shape index (κ2) is 5.06. The molecule has 0 aliphatic carbocycles. The Morgan fingerprint density at radius 3 is 2.61 bits per heavy atom. The van der Waals surface area contributed by atoms with Gasteiger partial charge in [0.1, 0.15) is 5.82 Å². The zero-order valence-electron chi connectivity index (χ0n) is 11.4. The number of hydrogen-bond acceptors (Lipinski definition) is 3. The summed E-state index contributed by atoms with van der Waals surface area (Å²) >= 11 is 0. The average molecular weight is 247 g/mol. The molecular formula is C14H21N3O. The third-order valence-electron chi connectivity index (χ3n) is 3.79. The summed E-state index contributed by atoms with van der Waals surface area (Å²) in [5, 5.41) is 2.93. The van der Waals surface area contributed by atoms with E-state index in [4.69, 9.17) is 0 Å². The largest absolute Gasteiger partial charge is 0.310 e. The first-order chi connectivity index (χ1) is 8.49. The van der Waals surface area contributed by atoms with Crippen molar-refractivity contribution in [1.82, 2.24) is 9.88 Å². The molecule has 1 amide bonds. The predicted octanol–water partition coefficient (Wildman–Crippen LogP) is 2.06. The maximum Gasteiger partial charge on any atom is 0.231 e. The monoisotopic (exact) mass is 247 g/mol. The van der Waals surface area contributed by atoms with E-state index >= 15 is 0 Å². The van der Waals surface area contributed by atoms with Crippen LogP contribution in [0.1, 0.15) is 25.3 Å². The summed E-state index contributed by atoms with van der Waals surface area (Å²) in [4.78, 5) is 18.8. The summed E-state index contributed by atoms with van der Waals surface area (Å²) < 4.78 is 0. The number of nitrogens with one attached hydrogen (secondary N) is 1. The van der Waals surface area contributed by atoms with Crippen molar-refractivity contribution < 1.29 is 4.79 Å². The lowest BCUT2D eigenvalue weighted by Gasteiger charge is -2.36. The van der Waals surface area contributed by atoms with Crippen LogP contribution in [0.2, 0.25) is 0 Å². The van der Waals surface area contributed by atoms with E-state index in [0.29, 0.717) is 5.82 Å². The van der Waals surface area contributed by atoms with E-state index in [2.05, 4.69) is 22.2 Å². The van der Waals surface area contributed by atoms with Gasteiger partial charge in [-0.2, -0.15) is 0 Å². The molecule has 0 unspecified atom stereocenters. The lowest BCUT2D eigenvalue weighted by atomic mass is 9.79. The summed E-state index contributed by atoms with van der Waals surface area (Å²) in [5.41, 5.74) is 0.831. The highest BCUT2D eigenvalue weighted by Crippen LogP contribution is 2.31. The molecule has 18 heavy (non-hydrogen) atoms. The zero-order valence-corrected chi connectivity index (χ0v) is 11.4. The van der Waals surface area contributed by atoms with E-state index in [1.807, 2.05) is 26.0 Å². The molecule has 4 heteroatoms. The van der Waals surface area contributed by atoms with Gasteiger partial charge in [-0.15, -0.1) is 0 Å². The normalized spacial score (nSPS) is 19.5. The van der Waals surface area contributed by atoms with Crippen molar-refractivity contribution in [3.8, 4) is 0 Å². The molecule has 0 saturated carbocycles. The van der Waals surface area contributed by atoms with Crippen molar-refractivity contribution in [3.63, 3.8) is 0 Å². The first kappa shape index (κ1) is 13.0. The van der Waals surface area contributed by atoms with Crippen LogP contribution in [0.3, 0.4) is 0 Å². The first-order valence-corrected chi connectivity index (χ1v) is 6.42. The second-order valence-electron chi connectivity index (χ2n) is 5.54. The molecule has 0 bridgehead atoms. The van der Waals surface area contributed by atoms with Crippen LogP contribution in [-0.4, -0.2) is 35.9 Å². The van der Waals surface area contributed by atoms with Gasteiger partial charge >= 0.3 is 0 Å². The van der Waals surface area contributed by atoms with Gasteiger partial charge in [-0.1, -0.05) is 13.0 Å². The van der Waals surface area contributed by atoms with E-state index in [-0.39, 0.29) is 11.3 Å². The molecule has 2 heterocycles. The molecule has 2 rings (SSSR count). The van der Waals surface area contributed by atoms with Crippen LogP contribution in [-0.2, 0) is 4.79 Å². The van der Waals surface area contributed by atoms with E-state index < -0.39 is 0 Å². The fourth-order valence-electron chi connectivity index (χ4n) is 2.15. The van der Waals surface area contributed by atoms with Gasteiger partial charge < -0.3 is 10.2 Å². The minimum absolute atomic E-state index is 0.0898. The highest BCUT2D eigenvalue weighted by molar-refractivity contribution is 5.94. The maximum atomic E-state index is 12.3. The number of aryl methyl sites for hydroxylation is 1. The molecule has 0 aromatic carbocycles. The average Bonchev–Trinajstić information content (AvgIpc) is 2.36. The Morgan fingerprint density at radius 1 is 1.39 bits per heavy atom. The topological polar surface area (TPSA) is 45.2 Å². The van der Waals surface area contributed by atoms with Crippen molar-refractivity contribution in [2.75, 3.05) is 25.5 Å². The molecule has 1 saturated heterocycles. The van der Waals surface area contributed by atoms with Gasteiger partial charge in [0.25, 0.3) is 0 Å². The van der Waals surface area contributed by atoms with Crippen molar-refractivity contribution in [2.24, 2.45) is 5.41 Å². The molecule has 1 aromatic heterocycles. The number of hydrogen-bond donors (Lipinski definition) is 1. The molecule has 0 atom stereocenters. The quantitative estimate of drug-likeness (QED) is 0.870. The summed E-state index contributed by atoms with van der Waals surface area (Å²) in [6.07, 6.45) is 3.58. The van der Waals surface area contributed by atoms with Crippen LogP contribution in [0, 0.1) is 12.3 Å². The number of amides is 1. The lowest BCUT2D eigenvalue weighted by Crippen LogP contribution is -2.43. The van der Waals surface area contributed by atoms with Crippen molar-refractivity contribution in [2.45, 2.75) is 26.7 Å².